The van der Waals surface area contributed by atoms with E-state index in [0.29, 0.717) is 12.8 Å². The molecule has 0 aromatic heterocycles. The van der Waals surface area contributed by atoms with Crippen molar-refractivity contribution in [3.05, 3.63) is 34.6 Å². The maximum absolute atomic E-state index is 13.7. The molecule has 0 amide bonds. The van der Waals surface area contributed by atoms with Crippen molar-refractivity contribution in [3.8, 4) is 0 Å². The molecule has 1 fully saturated rings. The molecule has 0 unspecified atom stereocenters. The van der Waals surface area contributed by atoms with E-state index in [1.807, 2.05) is 0 Å². The van der Waals surface area contributed by atoms with Crippen LogP contribution in [0.5, 0.6) is 0 Å². The number of aromatic carboxylic acids is 1. The van der Waals surface area contributed by atoms with Crippen LogP contribution < -0.4 is 0 Å². The molecular formula is C13H13FO4. The van der Waals surface area contributed by atoms with E-state index in [1.165, 1.54) is 13.0 Å². The summed E-state index contributed by atoms with van der Waals surface area (Å²) in [5.41, 5.74) is -0.996. The SMILES string of the molecule is Cc1c(F)cc(C2(C(=O)O)CCC2)cc1C(=O)O. The Bertz CT molecular complexity index is 532. The van der Waals surface area contributed by atoms with Gasteiger partial charge < -0.3 is 10.2 Å². The van der Waals surface area contributed by atoms with Crippen molar-refractivity contribution in [2.24, 2.45) is 0 Å². The normalized spacial score (nSPS) is 17.0. The Kier molecular flexibility index (Phi) is 2.84. The van der Waals surface area contributed by atoms with Gasteiger partial charge in [0.15, 0.2) is 0 Å². The first kappa shape index (κ1) is 12.5. The number of carboxylic acid groups (broad SMARTS) is 2. The number of benzene rings is 1. The average molecular weight is 252 g/mol. The molecule has 1 aromatic rings. The van der Waals surface area contributed by atoms with E-state index in [9.17, 15) is 19.1 Å². The van der Waals surface area contributed by atoms with E-state index in [4.69, 9.17) is 5.11 Å². The van der Waals surface area contributed by atoms with Gasteiger partial charge in [0.2, 0.25) is 0 Å². The van der Waals surface area contributed by atoms with E-state index in [0.717, 1.165) is 12.5 Å². The lowest BCUT2D eigenvalue weighted by molar-refractivity contribution is -0.147. The molecule has 2 N–H and O–H groups in total. The first-order valence-electron chi connectivity index (χ1n) is 5.66. The largest absolute Gasteiger partial charge is 0.481 e. The summed E-state index contributed by atoms with van der Waals surface area (Å²) < 4.78 is 13.7. The molecule has 1 saturated carbocycles. The van der Waals surface area contributed by atoms with Crippen LogP contribution in [0.2, 0.25) is 0 Å². The lowest BCUT2D eigenvalue weighted by Crippen LogP contribution is -2.42. The molecule has 5 heteroatoms. The van der Waals surface area contributed by atoms with Crippen molar-refractivity contribution in [1.29, 1.82) is 0 Å². The average Bonchev–Trinajstić information content (AvgIpc) is 2.20. The van der Waals surface area contributed by atoms with Gasteiger partial charge in [-0.25, -0.2) is 9.18 Å². The third kappa shape index (κ3) is 1.66. The van der Waals surface area contributed by atoms with Crippen molar-refractivity contribution < 1.29 is 24.2 Å². The maximum atomic E-state index is 13.7. The highest BCUT2D eigenvalue weighted by molar-refractivity contribution is 5.91. The van der Waals surface area contributed by atoms with Crippen LogP contribution in [-0.4, -0.2) is 22.2 Å². The number of carbonyl (C=O) groups is 2. The second-order valence-electron chi connectivity index (χ2n) is 4.68. The van der Waals surface area contributed by atoms with Crippen LogP contribution in [0.15, 0.2) is 12.1 Å². The zero-order valence-corrected chi connectivity index (χ0v) is 9.86. The fraction of sp³-hybridized carbons (Fsp3) is 0.385. The minimum Gasteiger partial charge on any atom is -0.481 e. The van der Waals surface area contributed by atoms with Gasteiger partial charge >= 0.3 is 11.9 Å². The van der Waals surface area contributed by atoms with Gasteiger partial charge in [0, 0.05) is 0 Å². The van der Waals surface area contributed by atoms with Gasteiger partial charge in [-0.05, 0) is 43.0 Å². The Labute approximate surface area is 103 Å². The highest BCUT2D eigenvalue weighted by Gasteiger charge is 2.46. The molecule has 2 rings (SSSR count). The Morgan fingerprint density at radius 1 is 1.28 bits per heavy atom. The number of rotatable bonds is 3. The van der Waals surface area contributed by atoms with Crippen LogP contribution in [0.3, 0.4) is 0 Å². The number of hydrogen-bond acceptors (Lipinski definition) is 2. The number of halogens is 1. The van der Waals surface area contributed by atoms with Crippen LogP contribution in [0.1, 0.15) is 40.7 Å². The monoisotopic (exact) mass is 252 g/mol. The van der Waals surface area contributed by atoms with Crippen molar-refractivity contribution in [2.75, 3.05) is 0 Å². The van der Waals surface area contributed by atoms with Crippen molar-refractivity contribution >= 4 is 11.9 Å². The van der Waals surface area contributed by atoms with Gasteiger partial charge in [0.1, 0.15) is 5.82 Å². The number of carboxylic acids is 2. The molecule has 0 bridgehead atoms. The van der Waals surface area contributed by atoms with Crippen LogP contribution in [0.4, 0.5) is 4.39 Å². The predicted molar refractivity (Wildman–Crippen MR) is 61.3 cm³/mol. The van der Waals surface area contributed by atoms with Crippen molar-refractivity contribution in [3.63, 3.8) is 0 Å². The molecule has 0 spiro atoms. The Hall–Kier alpha value is -1.91. The molecule has 96 valence electrons. The molecule has 1 aromatic carbocycles. The third-order valence-corrected chi connectivity index (χ3v) is 3.74. The fourth-order valence-corrected chi connectivity index (χ4v) is 2.33. The molecule has 18 heavy (non-hydrogen) atoms. The minimum absolute atomic E-state index is 0.0334. The standard InChI is InChI=1S/C13H13FO4/c1-7-9(11(15)16)5-8(6-10(7)14)13(12(17)18)3-2-4-13/h5-6H,2-4H2,1H3,(H,15,16)(H,17,18). The highest BCUT2D eigenvalue weighted by atomic mass is 19.1. The summed E-state index contributed by atoms with van der Waals surface area (Å²) in [7, 11) is 0. The van der Waals surface area contributed by atoms with Gasteiger partial charge in [0.25, 0.3) is 0 Å². The summed E-state index contributed by atoms with van der Waals surface area (Å²) in [6.07, 6.45) is 1.60. The van der Waals surface area contributed by atoms with Crippen LogP contribution in [0, 0.1) is 12.7 Å². The molecule has 0 heterocycles. The maximum Gasteiger partial charge on any atom is 0.336 e. The van der Waals surface area contributed by atoms with Crippen LogP contribution in [0.25, 0.3) is 0 Å². The zero-order valence-electron chi connectivity index (χ0n) is 9.86. The smallest absolute Gasteiger partial charge is 0.336 e. The van der Waals surface area contributed by atoms with Gasteiger partial charge in [-0.3, -0.25) is 4.79 Å². The first-order chi connectivity index (χ1) is 8.38. The second kappa shape index (κ2) is 4.08. The van der Waals surface area contributed by atoms with Gasteiger partial charge in [-0.2, -0.15) is 0 Å². The Balaban J connectivity index is 2.59. The first-order valence-corrected chi connectivity index (χ1v) is 5.66. The summed E-state index contributed by atoms with van der Waals surface area (Å²) in [5.74, 6) is -2.93. The quantitative estimate of drug-likeness (QED) is 0.865. The predicted octanol–water partition coefficient (Wildman–Crippen LogP) is 2.34. The van der Waals surface area contributed by atoms with Crippen LogP contribution >= 0.6 is 0 Å². The summed E-state index contributed by atoms with van der Waals surface area (Å²) >= 11 is 0. The molecule has 4 nitrogen and oxygen atoms in total. The van der Waals surface area contributed by atoms with E-state index in [1.54, 1.807) is 0 Å². The summed E-state index contributed by atoms with van der Waals surface area (Å²) in [6, 6.07) is 2.43. The topological polar surface area (TPSA) is 74.6 Å². The van der Waals surface area contributed by atoms with Crippen LogP contribution in [-0.2, 0) is 10.2 Å². The van der Waals surface area contributed by atoms with Crippen molar-refractivity contribution in [2.45, 2.75) is 31.6 Å². The van der Waals surface area contributed by atoms with E-state index in [2.05, 4.69) is 0 Å². The van der Waals surface area contributed by atoms with Crippen molar-refractivity contribution in [1.82, 2.24) is 0 Å². The van der Waals surface area contributed by atoms with E-state index in [-0.39, 0.29) is 16.7 Å². The molecule has 0 aliphatic heterocycles. The summed E-state index contributed by atoms with van der Waals surface area (Å²) in [5, 5.41) is 18.3. The Morgan fingerprint density at radius 2 is 1.89 bits per heavy atom. The highest BCUT2D eigenvalue weighted by Crippen LogP contribution is 2.44. The van der Waals surface area contributed by atoms with Gasteiger partial charge in [0.05, 0.1) is 11.0 Å². The molecule has 0 saturated heterocycles. The lowest BCUT2D eigenvalue weighted by Gasteiger charge is -2.38. The minimum atomic E-state index is -1.24. The molecule has 1 aliphatic carbocycles. The molecule has 0 atom stereocenters. The lowest BCUT2D eigenvalue weighted by atomic mass is 9.64. The van der Waals surface area contributed by atoms with Gasteiger partial charge in [-0.1, -0.05) is 6.42 Å². The summed E-state index contributed by atoms with van der Waals surface area (Å²) in [4.78, 5) is 22.3. The zero-order chi connectivity index (χ0) is 13.5. The number of aliphatic carboxylic acids is 1. The van der Waals surface area contributed by atoms with E-state index < -0.39 is 23.2 Å². The fourth-order valence-electron chi connectivity index (χ4n) is 2.33. The third-order valence-electron chi connectivity index (χ3n) is 3.74. The second-order valence-corrected chi connectivity index (χ2v) is 4.68. The van der Waals surface area contributed by atoms with Gasteiger partial charge in [-0.15, -0.1) is 0 Å². The molecule has 1 aliphatic rings. The number of hydrogen-bond donors (Lipinski definition) is 2. The van der Waals surface area contributed by atoms with E-state index >= 15 is 0 Å². The molecule has 0 radical (unpaired) electrons. The molecular weight excluding hydrogens is 239 g/mol. The summed E-state index contributed by atoms with van der Waals surface area (Å²) in [6.45, 7) is 1.37. The Morgan fingerprint density at radius 3 is 2.28 bits per heavy atom.